The van der Waals surface area contributed by atoms with Gasteiger partial charge >= 0.3 is 0 Å². The molecule has 2 heterocycles. The maximum absolute atomic E-state index is 11.9. The Morgan fingerprint density at radius 1 is 1.17 bits per heavy atom. The number of rotatable bonds is 4. The smallest absolute Gasteiger partial charge is 0.272 e. The molecule has 3 rings (SSSR count). The number of pyridine rings is 1. The normalized spacial score (nSPS) is 10.9. The predicted octanol–water partition coefficient (Wildman–Crippen LogP) is 3.25. The second-order valence-corrected chi connectivity index (χ2v) is 5.44. The average molecular weight is 318 g/mol. The van der Waals surface area contributed by atoms with Gasteiger partial charge in [-0.1, -0.05) is 18.2 Å². The Bertz CT molecular complexity index is 867. The first-order valence-electron chi connectivity index (χ1n) is 7.64. The molecule has 24 heavy (non-hydrogen) atoms. The third-order valence-corrected chi connectivity index (χ3v) is 3.78. The summed E-state index contributed by atoms with van der Waals surface area (Å²) in [5.74, 6) is -0.281. The van der Waals surface area contributed by atoms with Crippen LogP contribution in [0, 0.1) is 13.8 Å². The van der Waals surface area contributed by atoms with E-state index in [2.05, 4.69) is 32.2 Å². The average Bonchev–Trinajstić information content (AvgIpc) is 2.90. The molecule has 0 aliphatic heterocycles. The number of hydrogen-bond acceptors (Lipinski definition) is 3. The number of para-hydroxylation sites is 1. The van der Waals surface area contributed by atoms with E-state index in [0.717, 1.165) is 22.6 Å². The second-order valence-electron chi connectivity index (χ2n) is 5.44. The summed E-state index contributed by atoms with van der Waals surface area (Å²) >= 11 is 0. The highest BCUT2D eigenvalue weighted by atomic mass is 16.2. The summed E-state index contributed by atoms with van der Waals surface area (Å²) in [6, 6.07) is 15.6. The van der Waals surface area contributed by atoms with Crippen LogP contribution in [0.25, 0.3) is 5.69 Å². The fraction of sp³-hybridized carbons (Fsp3) is 0.105. The second kappa shape index (κ2) is 6.91. The van der Waals surface area contributed by atoms with Crippen molar-refractivity contribution in [1.82, 2.24) is 15.0 Å². The van der Waals surface area contributed by atoms with E-state index in [1.807, 2.05) is 38.1 Å². The van der Waals surface area contributed by atoms with Crippen LogP contribution < -0.4 is 5.43 Å². The Kier molecular flexibility index (Phi) is 4.52. The molecule has 0 unspecified atom stereocenters. The minimum absolute atomic E-state index is 0.281. The Labute approximate surface area is 140 Å². The molecule has 0 aliphatic rings. The van der Waals surface area contributed by atoms with Gasteiger partial charge in [0.1, 0.15) is 0 Å². The number of carbonyl (C=O) groups is 1. The fourth-order valence-electron chi connectivity index (χ4n) is 2.61. The van der Waals surface area contributed by atoms with E-state index in [1.54, 1.807) is 24.5 Å². The summed E-state index contributed by atoms with van der Waals surface area (Å²) in [6.07, 6.45) is 4.79. The number of benzene rings is 1. The van der Waals surface area contributed by atoms with E-state index in [1.165, 1.54) is 6.20 Å². The molecular formula is C19H18N4O. The number of nitrogens with one attached hydrogen (secondary N) is 1. The fourth-order valence-corrected chi connectivity index (χ4v) is 2.61. The summed E-state index contributed by atoms with van der Waals surface area (Å²) in [6.45, 7) is 4.08. The summed E-state index contributed by atoms with van der Waals surface area (Å²) in [5, 5.41) is 4.06. The van der Waals surface area contributed by atoms with Gasteiger partial charge in [-0.15, -0.1) is 0 Å². The largest absolute Gasteiger partial charge is 0.318 e. The molecule has 0 atom stereocenters. The number of aryl methyl sites for hydroxylation is 1. The van der Waals surface area contributed by atoms with Crippen molar-refractivity contribution in [3.63, 3.8) is 0 Å². The summed E-state index contributed by atoms with van der Waals surface area (Å²) in [5.41, 5.74) is 7.24. The Morgan fingerprint density at radius 2 is 1.96 bits per heavy atom. The van der Waals surface area contributed by atoms with Crippen molar-refractivity contribution in [2.24, 2.45) is 5.10 Å². The molecule has 1 aromatic carbocycles. The van der Waals surface area contributed by atoms with Crippen LogP contribution in [-0.4, -0.2) is 21.7 Å². The van der Waals surface area contributed by atoms with Gasteiger partial charge < -0.3 is 4.57 Å². The molecule has 1 N–H and O–H groups in total. The number of hydrogen-bond donors (Lipinski definition) is 1. The maximum Gasteiger partial charge on any atom is 0.272 e. The van der Waals surface area contributed by atoms with Gasteiger partial charge in [0, 0.05) is 35.0 Å². The van der Waals surface area contributed by atoms with E-state index in [9.17, 15) is 4.79 Å². The van der Waals surface area contributed by atoms with Gasteiger partial charge in [-0.25, -0.2) is 5.43 Å². The molecule has 5 nitrogen and oxygen atoms in total. The lowest BCUT2D eigenvalue weighted by molar-refractivity contribution is 0.0955. The zero-order valence-corrected chi connectivity index (χ0v) is 13.6. The third kappa shape index (κ3) is 3.25. The lowest BCUT2D eigenvalue weighted by Gasteiger charge is -2.08. The first-order chi connectivity index (χ1) is 11.7. The lowest BCUT2D eigenvalue weighted by Crippen LogP contribution is -2.17. The van der Waals surface area contributed by atoms with E-state index in [0.29, 0.717) is 5.56 Å². The topological polar surface area (TPSA) is 59.3 Å². The molecule has 120 valence electrons. The van der Waals surface area contributed by atoms with E-state index in [4.69, 9.17) is 0 Å². The highest BCUT2D eigenvalue weighted by Gasteiger charge is 2.09. The maximum atomic E-state index is 11.9. The first kappa shape index (κ1) is 15.7. The van der Waals surface area contributed by atoms with Gasteiger partial charge in [-0.3, -0.25) is 9.78 Å². The third-order valence-electron chi connectivity index (χ3n) is 3.78. The van der Waals surface area contributed by atoms with Crippen molar-refractivity contribution in [2.75, 3.05) is 0 Å². The molecule has 0 fully saturated rings. The highest BCUT2D eigenvalue weighted by Crippen LogP contribution is 2.19. The quantitative estimate of drug-likeness (QED) is 0.593. The molecule has 2 aromatic heterocycles. The minimum Gasteiger partial charge on any atom is -0.318 e. The standard InChI is InChI=1S/C19H18N4O/c1-14-11-17(15(2)23(14)18-8-4-3-5-9-18)13-21-22-19(24)16-7-6-10-20-12-16/h3-13H,1-2H3,(H,22,24). The number of amides is 1. The molecule has 0 radical (unpaired) electrons. The highest BCUT2D eigenvalue weighted by molar-refractivity contribution is 5.94. The van der Waals surface area contributed by atoms with Crippen molar-refractivity contribution < 1.29 is 4.79 Å². The Hall–Kier alpha value is -3.21. The van der Waals surface area contributed by atoms with E-state index in [-0.39, 0.29) is 5.91 Å². The summed E-state index contributed by atoms with van der Waals surface area (Å²) in [4.78, 5) is 15.9. The van der Waals surface area contributed by atoms with Crippen LogP contribution in [-0.2, 0) is 0 Å². The van der Waals surface area contributed by atoms with Crippen molar-refractivity contribution >= 4 is 12.1 Å². The van der Waals surface area contributed by atoms with Crippen LogP contribution in [0.4, 0.5) is 0 Å². The van der Waals surface area contributed by atoms with Crippen molar-refractivity contribution in [2.45, 2.75) is 13.8 Å². The molecule has 0 aliphatic carbocycles. The number of carbonyl (C=O) groups excluding carboxylic acids is 1. The Morgan fingerprint density at radius 3 is 2.67 bits per heavy atom. The van der Waals surface area contributed by atoms with Gasteiger partial charge in [0.15, 0.2) is 0 Å². The van der Waals surface area contributed by atoms with Crippen molar-refractivity contribution in [3.05, 3.63) is 83.4 Å². The summed E-state index contributed by atoms with van der Waals surface area (Å²) < 4.78 is 2.16. The van der Waals surface area contributed by atoms with Crippen molar-refractivity contribution in [1.29, 1.82) is 0 Å². The predicted molar refractivity (Wildman–Crippen MR) is 94.5 cm³/mol. The first-order valence-corrected chi connectivity index (χ1v) is 7.64. The zero-order valence-electron chi connectivity index (χ0n) is 13.6. The molecule has 0 saturated heterocycles. The van der Waals surface area contributed by atoms with Crippen LogP contribution in [0.15, 0.2) is 66.0 Å². The molecule has 0 saturated carbocycles. The van der Waals surface area contributed by atoms with E-state index >= 15 is 0 Å². The monoisotopic (exact) mass is 318 g/mol. The van der Waals surface area contributed by atoms with Gasteiger partial charge in [-0.05, 0) is 44.2 Å². The van der Waals surface area contributed by atoms with Crippen LogP contribution in [0.5, 0.6) is 0 Å². The molecule has 3 aromatic rings. The Balaban J connectivity index is 1.78. The molecule has 5 heteroatoms. The minimum atomic E-state index is -0.281. The molecule has 0 spiro atoms. The van der Waals surface area contributed by atoms with E-state index < -0.39 is 0 Å². The van der Waals surface area contributed by atoms with Gasteiger partial charge in [0.05, 0.1) is 11.8 Å². The molecular weight excluding hydrogens is 300 g/mol. The number of aromatic nitrogens is 2. The van der Waals surface area contributed by atoms with Gasteiger partial charge in [0.2, 0.25) is 0 Å². The molecule has 0 bridgehead atoms. The van der Waals surface area contributed by atoms with Crippen LogP contribution in [0.1, 0.15) is 27.3 Å². The number of nitrogens with zero attached hydrogens (tertiary/aromatic N) is 3. The van der Waals surface area contributed by atoms with Gasteiger partial charge in [0.25, 0.3) is 5.91 Å². The lowest BCUT2D eigenvalue weighted by atomic mass is 10.2. The zero-order chi connectivity index (χ0) is 16.9. The SMILES string of the molecule is Cc1cc(C=NNC(=O)c2cccnc2)c(C)n1-c1ccccc1. The van der Waals surface area contributed by atoms with Crippen LogP contribution in [0.2, 0.25) is 0 Å². The van der Waals surface area contributed by atoms with Gasteiger partial charge in [-0.2, -0.15) is 5.10 Å². The molecule has 1 amide bonds. The van der Waals surface area contributed by atoms with Crippen molar-refractivity contribution in [3.8, 4) is 5.69 Å². The summed E-state index contributed by atoms with van der Waals surface area (Å²) in [7, 11) is 0. The van der Waals surface area contributed by atoms with Crippen LogP contribution >= 0.6 is 0 Å². The van der Waals surface area contributed by atoms with Crippen LogP contribution in [0.3, 0.4) is 0 Å². The number of hydrazone groups is 1.